The van der Waals surface area contributed by atoms with E-state index in [2.05, 4.69) is 20.3 Å². The molecule has 0 atom stereocenters. The van der Waals surface area contributed by atoms with Crippen molar-refractivity contribution in [3.8, 4) is 0 Å². The van der Waals surface area contributed by atoms with Gasteiger partial charge in [0.05, 0.1) is 22.9 Å². The lowest BCUT2D eigenvalue weighted by Crippen LogP contribution is -2.20. The third kappa shape index (κ3) is 3.06. The molecule has 106 valence electrons. The number of amides is 1. The number of ether oxygens (including phenoxy) is 1. The van der Waals surface area contributed by atoms with Crippen molar-refractivity contribution in [1.29, 1.82) is 0 Å². The Balaban J connectivity index is 1.59. The zero-order valence-corrected chi connectivity index (χ0v) is 11.5. The van der Waals surface area contributed by atoms with Gasteiger partial charge in [-0.15, -0.1) is 11.3 Å². The molecule has 3 aromatic rings. The molecule has 8 heteroatoms. The summed E-state index contributed by atoms with van der Waals surface area (Å²) in [5.41, 5.74) is 1.85. The SMILES string of the molecule is O=C(COC(=O)c1ccc2nc[nH]c2c1)Nc1nccs1. The summed E-state index contributed by atoms with van der Waals surface area (Å²) in [5, 5.41) is 4.73. The summed E-state index contributed by atoms with van der Waals surface area (Å²) in [7, 11) is 0. The molecular weight excluding hydrogens is 292 g/mol. The second kappa shape index (κ2) is 5.71. The maximum Gasteiger partial charge on any atom is 0.338 e. The molecule has 2 heterocycles. The molecule has 2 N–H and O–H groups in total. The topological polar surface area (TPSA) is 97.0 Å². The summed E-state index contributed by atoms with van der Waals surface area (Å²) >= 11 is 1.29. The first-order valence-corrected chi connectivity index (χ1v) is 6.90. The van der Waals surface area contributed by atoms with Gasteiger partial charge < -0.3 is 9.72 Å². The Morgan fingerprint density at radius 1 is 1.33 bits per heavy atom. The van der Waals surface area contributed by atoms with Gasteiger partial charge in [0, 0.05) is 11.6 Å². The van der Waals surface area contributed by atoms with E-state index in [-0.39, 0.29) is 6.61 Å². The normalized spacial score (nSPS) is 10.5. The molecule has 0 aliphatic heterocycles. The Kier molecular flexibility index (Phi) is 3.61. The highest BCUT2D eigenvalue weighted by molar-refractivity contribution is 7.13. The molecule has 1 amide bonds. The Labute approximate surface area is 123 Å². The lowest BCUT2D eigenvalue weighted by atomic mass is 10.2. The van der Waals surface area contributed by atoms with Gasteiger partial charge in [0.2, 0.25) is 0 Å². The van der Waals surface area contributed by atoms with Crippen LogP contribution in [0.3, 0.4) is 0 Å². The number of nitrogens with zero attached hydrogens (tertiary/aromatic N) is 2. The molecule has 2 aromatic heterocycles. The first-order chi connectivity index (χ1) is 10.2. The number of aromatic nitrogens is 3. The largest absolute Gasteiger partial charge is 0.452 e. The Morgan fingerprint density at radius 3 is 3.05 bits per heavy atom. The van der Waals surface area contributed by atoms with E-state index < -0.39 is 11.9 Å². The van der Waals surface area contributed by atoms with Gasteiger partial charge in [-0.05, 0) is 18.2 Å². The number of hydrogen-bond donors (Lipinski definition) is 2. The van der Waals surface area contributed by atoms with Crippen molar-refractivity contribution in [2.24, 2.45) is 0 Å². The number of H-pyrrole nitrogens is 1. The number of thiazole rings is 1. The van der Waals surface area contributed by atoms with Crippen LogP contribution in [0.1, 0.15) is 10.4 Å². The molecule has 1 aromatic carbocycles. The highest BCUT2D eigenvalue weighted by Gasteiger charge is 2.12. The van der Waals surface area contributed by atoms with Crippen molar-refractivity contribution in [2.75, 3.05) is 11.9 Å². The minimum Gasteiger partial charge on any atom is -0.452 e. The molecule has 0 unspecified atom stereocenters. The van der Waals surface area contributed by atoms with E-state index in [4.69, 9.17) is 4.74 Å². The number of anilines is 1. The fourth-order valence-corrected chi connectivity index (χ4v) is 2.26. The Morgan fingerprint density at radius 2 is 2.24 bits per heavy atom. The number of fused-ring (bicyclic) bond motifs is 1. The number of imidazole rings is 1. The Bertz CT molecular complexity index is 782. The van der Waals surface area contributed by atoms with Crippen LogP contribution < -0.4 is 5.32 Å². The number of aromatic amines is 1. The third-order valence-corrected chi connectivity index (χ3v) is 3.36. The van der Waals surface area contributed by atoms with E-state index in [0.717, 1.165) is 11.0 Å². The fourth-order valence-electron chi connectivity index (χ4n) is 1.72. The predicted molar refractivity (Wildman–Crippen MR) is 77.1 cm³/mol. The van der Waals surface area contributed by atoms with E-state index in [9.17, 15) is 9.59 Å². The summed E-state index contributed by atoms with van der Waals surface area (Å²) in [5.74, 6) is -0.998. The number of carbonyl (C=O) groups is 2. The number of nitrogens with one attached hydrogen (secondary N) is 2. The van der Waals surface area contributed by atoms with Crippen molar-refractivity contribution >= 4 is 39.4 Å². The van der Waals surface area contributed by atoms with E-state index in [1.54, 1.807) is 36.1 Å². The van der Waals surface area contributed by atoms with E-state index in [1.165, 1.54) is 11.3 Å². The fraction of sp³-hybridized carbons (Fsp3) is 0.0769. The van der Waals surface area contributed by atoms with Gasteiger partial charge in [-0.1, -0.05) is 0 Å². The van der Waals surface area contributed by atoms with Gasteiger partial charge in [0.1, 0.15) is 0 Å². The lowest BCUT2D eigenvalue weighted by molar-refractivity contribution is -0.119. The molecule has 3 rings (SSSR count). The molecule has 21 heavy (non-hydrogen) atoms. The smallest absolute Gasteiger partial charge is 0.338 e. The van der Waals surface area contributed by atoms with Crippen molar-refractivity contribution in [3.63, 3.8) is 0 Å². The van der Waals surface area contributed by atoms with Crippen LogP contribution in [0.4, 0.5) is 5.13 Å². The first-order valence-electron chi connectivity index (χ1n) is 6.02. The molecule has 7 nitrogen and oxygen atoms in total. The number of carbonyl (C=O) groups excluding carboxylic acids is 2. The van der Waals surface area contributed by atoms with Crippen molar-refractivity contribution in [1.82, 2.24) is 15.0 Å². The average Bonchev–Trinajstić information content (AvgIpc) is 3.14. The quantitative estimate of drug-likeness (QED) is 0.716. The number of hydrogen-bond acceptors (Lipinski definition) is 6. The highest BCUT2D eigenvalue weighted by atomic mass is 32.1. The zero-order valence-electron chi connectivity index (χ0n) is 10.7. The molecule has 0 aliphatic rings. The monoisotopic (exact) mass is 302 g/mol. The van der Waals surface area contributed by atoms with Gasteiger partial charge in [-0.2, -0.15) is 0 Å². The van der Waals surface area contributed by atoms with Crippen LogP contribution in [-0.4, -0.2) is 33.4 Å². The first kappa shape index (κ1) is 13.3. The summed E-state index contributed by atoms with van der Waals surface area (Å²) in [6.45, 7) is -0.362. The predicted octanol–water partition coefficient (Wildman–Crippen LogP) is 1.81. The minimum atomic E-state index is -0.569. The van der Waals surface area contributed by atoms with Crippen LogP contribution in [-0.2, 0) is 9.53 Å². The standard InChI is InChI=1S/C13H10N4O3S/c18-11(17-13-14-3-4-21-13)6-20-12(19)8-1-2-9-10(5-8)16-7-15-9/h1-5,7H,6H2,(H,15,16)(H,14,17,18). The average molecular weight is 302 g/mol. The summed E-state index contributed by atoms with van der Waals surface area (Å²) in [6, 6.07) is 4.94. The second-order valence-corrected chi connectivity index (χ2v) is 4.99. The van der Waals surface area contributed by atoms with Crippen LogP contribution >= 0.6 is 11.3 Å². The zero-order chi connectivity index (χ0) is 14.7. The van der Waals surface area contributed by atoms with Crippen LogP contribution in [0, 0.1) is 0 Å². The van der Waals surface area contributed by atoms with Gasteiger partial charge in [0.25, 0.3) is 5.91 Å². The summed E-state index contributed by atoms with van der Waals surface area (Å²) in [4.78, 5) is 34.3. The maximum absolute atomic E-state index is 11.9. The molecule has 0 fully saturated rings. The molecule has 0 spiro atoms. The van der Waals surface area contributed by atoms with Crippen LogP contribution in [0.2, 0.25) is 0 Å². The number of benzene rings is 1. The second-order valence-electron chi connectivity index (χ2n) is 4.10. The molecule has 0 bridgehead atoms. The van der Waals surface area contributed by atoms with Gasteiger partial charge in [-0.3, -0.25) is 10.1 Å². The maximum atomic E-state index is 11.9. The van der Waals surface area contributed by atoms with E-state index >= 15 is 0 Å². The molecule has 0 saturated carbocycles. The third-order valence-electron chi connectivity index (χ3n) is 2.67. The van der Waals surface area contributed by atoms with Crippen LogP contribution in [0.25, 0.3) is 11.0 Å². The van der Waals surface area contributed by atoms with Crippen molar-refractivity contribution in [3.05, 3.63) is 41.7 Å². The Hall–Kier alpha value is -2.74. The van der Waals surface area contributed by atoms with Crippen LogP contribution in [0.15, 0.2) is 36.1 Å². The van der Waals surface area contributed by atoms with Crippen molar-refractivity contribution in [2.45, 2.75) is 0 Å². The van der Waals surface area contributed by atoms with Crippen molar-refractivity contribution < 1.29 is 14.3 Å². The van der Waals surface area contributed by atoms with E-state index in [0.29, 0.717) is 10.7 Å². The molecule has 0 radical (unpaired) electrons. The molecule has 0 aliphatic carbocycles. The van der Waals surface area contributed by atoms with Gasteiger partial charge >= 0.3 is 5.97 Å². The summed E-state index contributed by atoms with van der Waals surface area (Å²) in [6.07, 6.45) is 3.12. The van der Waals surface area contributed by atoms with Crippen LogP contribution in [0.5, 0.6) is 0 Å². The minimum absolute atomic E-state index is 0.355. The van der Waals surface area contributed by atoms with Gasteiger partial charge in [0.15, 0.2) is 11.7 Å². The number of rotatable bonds is 4. The highest BCUT2D eigenvalue weighted by Crippen LogP contribution is 2.13. The van der Waals surface area contributed by atoms with Gasteiger partial charge in [-0.25, -0.2) is 14.8 Å². The lowest BCUT2D eigenvalue weighted by Gasteiger charge is -2.04. The van der Waals surface area contributed by atoms with E-state index in [1.807, 2.05) is 0 Å². The molecular formula is C13H10N4O3S. The number of esters is 1. The summed E-state index contributed by atoms with van der Waals surface area (Å²) < 4.78 is 4.96. The molecule has 0 saturated heterocycles.